The average Bonchev–Trinajstić information content (AvgIpc) is 3.20. The Balaban J connectivity index is 4.18. The van der Waals surface area contributed by atoms with Crippen LogP contribution in [0.4, 0.5) is 0 Å². The summed E-state index contributed by atoms with van der Waals surface area (Å²) < 4.78 is 32.7. The molecule has 0 saturated heterocycles. The molecule has 0 rings (SSSR count). The molecule has 0 bridgehead atoms. The SMILES string of the molecule is CC/C=C/C=C/C=C/CCCCCCCC(=O)OC(COC(=O)CCCCCCCCCCCCCCCCCCCCCCC)COP(=O)(O)OC[C@H](O)CO. The molecule has 0 saturated carbocycles. The van der Waals surface area contributed by atoms with Crippen LogP contribution < -0.4 is 0 Å². The molecule has 0 aliphatic rings. The van der Waals surface area contributed by atoms with Crippen molar-refractivity contribution >= 4 is 19.8 Å². The van der Waals surface area contributed by atoms with Crippen LogP contribution in [0, 0.1) is 0 Å². The second kappa shape index (κ2) is 42.3. The van der Waals surface area contributed by atoms with Crippen molar-refractivity contribution in [1.29, 1.82) is 0 Å². The van der Waals surface area contributed by atoms with Crippen LogP contribution in [0.5, 0.6) is 0 Å². The van der Waals surface area contributed by atoms with Gasteiger partial charge in [0.15, 0.2) is 6.10 Å². The molecule has 11 heteroatoms. The lowest BCUT2D eigenvalue weighted by Gasteiger charge is -2.20. The summed E-state index contributed by atoms with van der Waals surface area (Å²) in [6.07, 6.45) is 44.1. The fourth-order valence-corrected chi connectivity index (χ4v) is 7.14. The molecule has 0 aromatic heterocycles. The second-order valence-electron chi connectivity index (χ2n) is 15.5. The van der Waals surface area contributed by atoms with Crippen molar-refractivity contribution in [3.8, 4) is 0 Å². The van der Waals surface area contributed by atoms with Gasteiger partial charge in [-0.15, -0.1) is 0 Å². The lowest BCUT2D eigenvalue weighted by Crippen LogP contribution is -2.29. The summed E-state index contributed by atoms with van der Waals surface area (Å²) in [4.78, 5) is 35.0. The van der Waals surface area contributed by atoms with E-state index in [0.29, 0.717) is 12.8 Å². The first kappa shape index (κ1) is 55.2. The highest BCUT2D eigenvalue weighted by Crippen LogP contribution is 2.43. The van der Waals surface area contributed by atoms with Crippen molar-refractivity contribution in [2.75, 3.05) is 26.4 Å². The number of rotatable bonds is 43. The molecule has 334 valence electrons. The van der Waals surface area contributed by atoms with Gasteiger partial charge in [0.1, 0.15) is 12.7 Å². The Bertz CT molecular complexity index is 1050. The molecule has 0 aliphatic carbocycles. The number of phosphoric ester groups is 1. The van der Waals surface area contributed by atoms with Crippen LogP contribution in [0.15, 0.2) is 36.5 Å². The zero-order chi connectivity index (χ0) is 41.9. The molecular formula is C46H85O10P. The Morgan fingerprint density at radius 3 is 1.44 bits per heavy atom. The number of aliphatic hydroxyl groups is 2. The highest BCUT2D eigenvalue weighted by atomic mass is 31.2. The van der Waals surface area contributed by atoms with E-state index in [1.165, 1.54) is 109 Å². The van der Waals surface area contributed by atoms with Gasteiger partial charge in [-0.3, -0.25) is 18.6 Å². The van der Waals surface area contributed by atoms with Crippen molar-refractivity contribution in [1.82, 2.24) is 0 Å². The Hall–Kier alpha value is -1.81. The lowest BCUT2D eigenvalue weighted by atomic mass is 10.0. The molecule has 0 aromatic rings. The molecule has 0 spiro atoms. The fraction of sp³-hybridized carbons (Fsp3) is 0.826. The van der Waals surface area contributed by atoms with E-state index in [4.69, 9.17) is 19.1 Å². The first-order chi connectivity index (χ1) is 27.7. The third-order valence-corrected chi connectivity index (χ3v) is 10.8. The minimum atomic E-state index is -4.62. The summed E-state index contributed by atoms with van der Waals surface area (Å²) >= 11 is 0. The van der Waals surface area contributed by atoms with Gasteiger partial charge in [0.2, 0.25) is 0 Å². The highest BCUT2D eigenvalue weighted by Gasteiger charge is 2.27. The van der Waals surface area contributed by atoms with E-state index in [1.807, 2.05) is 18.2 Å². The van der Waals surface area contributed by atoms with Crippen LogP contribution in [0.3, 0.4) is 0 Å². The zero-order valence-corrected chi connectivity index (χ0v) is 37.2. The third-order valence-electron chi connectivity index (χ3n) is 9.87. The van der Waals surface area contributed by atoms with E-state index in [9.17, 15) is 24.2 Å². The first-order valence-electron chi connectivity index (χ1n) is 23.0. The topological polar surface area (TPSA) is 149 Å². The lowest BCUT2D eigenvalue weighted by molar-refractivity contribution is -0.161. The monoisotopic (exact) mass is 829 g/mol. The maximum absolute atomic E-state index is 12.6. The van der Waals surface area contributed by atoms with Gasteiger partial charge in [0, 0.05) is 12.8 Å². The molecule has 0 heterocycles. The number of aliphatic hydroxyl groups excluding tert-OH is 2. The summed E-state index contributed by atoms with van der Waals surface area (Å²) in [7, 11) is -4.62. The van der Waals surface area contributed by atoms with E-state index in [0.717, 1.165) is 57.8 Å². The smallest absolute Gasteiger partial charge is 0.462 e. The minimum Gasteiger partial charge on any atom is -0.462 e. The van der Waals surface area contributed by atoms with Crippen LogP contribution in [-0.4, -0.2) is 65.7 Å². The molecule has 2 unspecified atom stereocenters. The number of ether oxygens (including phenoxy) is 2. The molecule has 3 N–H and O–H groups in total. The van der Waals surface area contributed by atoms with E-state index < -0.39 is 51.8 Å². The van der Waals surface area contributed by atoms with Gasteiger partial charge in [-0.25, -0.2) is 4.57 Å². The normalized spacial score (nSPS) is 14.1. The number of carbonyl (C=O) groups excluding carboxylic acids is 2. The Morgan fingerprint density at radius 1 is 0.544 bits per heavy atom. The summed E-state index contributed by atoms with van der Waals surface area (Å²) in [5, 5.41) is 18.3. The fourth-order valence-electron chi connectivity index (χ4n) is 6.35. The molecule has 0 amide bonds. The molecule has 57 heavy (non-hydrogen) atoms. The number of unbranched alkanes of at least 4 members (excludes halogenated alkanes) is 25. The first-order valence-corrected chi connectivity index (χ1v) is 24.5. The van der Waals surface area contributed by atoms with Gasteiger partial charge in [0.05, 0.1) is 19.8 Å². The molecule has 0 aromatic carbocycles. The summed E-state index contributed by atoms with van der Waals surface area (Å²) in [6, 6.07) is 0. The highest BCUT2D eigenvalue weighted by molar-refractivity contribution is 7.47. The molecular weight excluding hydrogens is 743 g/mol. The summed E-state index contributed by atoms with van der Waals surface area (Å²) in [5.74, 6) is -0.942. The van der Waals surface area contributed by atoms with E-state index in [-0.39, 0.29) is 19.4 Å². The molecule has 10 nitrogen and oxygen atoms in total. The summed E-state index contributed by atoms with van der Waals surface area (Å²) in [5.41, 5.74) is 0. The van der Waals surface area contributed by atoms with Gasteiger partial charge >= 0.3 is 19.8 Å². The van der Waals surface area contributed by atoms with Crippen molar-refractivity contribution in [2.24, 2.45) is 0 Å². The number of hydrogen-bond donors (Lipinski definition) is 3. The quantitative estimate of drug-likeness (QED) is 0.0235. The van der Waals surface area contributed by atoms with Crippen molar-refractivity contribution < 1.29 is 47.8 Å². The van der Waals surface area contributed by atoms with Crippen LogP contribution in [-0.2, 0) is 32.7 Å². The van der Waals surface area contributed by atoms with Gasteiger partial charge < -0.3 is 24.6 Å². The zero-order valence-electron chi connectivity index (χ0n) is 36.3. The number of phosphoric acid groups is 1. The van der Waals surface area contributed by atoms with Crippen molar-refractivity contribution in [2.45, 2.75) is 219 Å². The third kappa shape index (κ3) is 42.1. The van der Waals surface area contributed by atoms with E-state index in [1.54, 1.807) is 0 Å². The second-order valence-corrected chi connectivity index (χ2v) is 16.9. The standard InChI is InChI=1S/C46H85O10P/c1-3-5-7-9-11-13-15-17-18-19-20-21-22-23-24-26-27-29-31-33-35-37-45(49)53-41-44(42-55-57(51,52)54-40-43(48)39-47)56-46(50)38-36-34-32-30-28-25-16-14-12-10-8-6-4-2/h6,8,10,12,14,16,43-44,47-48H,3-5,7,9,11,13,15,17-42H2,1-2H3,(H,51,52)/b8-6+,12-10+,16-14+/t43-,44?/m1/s1. The van der Waals surface area contributed by atoms with Gasteiger partial charge in [-0.05, 0) is 32.1 Å². The van der Waals surface area contributed by atoms with E-state index in [2.05, 4.69) is 36.6 Å². The number of allylic oxidation sites excluding steroid dienone is 6. The van der Waals surface area contributed by atoms with Crippen LogP contribution in [0.25, 0.3) is 0 Å². The van der Waals surface area contributed by atoms with E-state index >= 15 is 0 Å². The maximum atomic E-state index is 12.6. The molecule has 3 atom stereocenters. The Kier molecular flexibility index (Phi) is 41.0. The Morgan fingerprint density at radius 2 is 0.965 bits per heavy atom. The molecule has 0 fully saturated rings. The number of carbonyl (C=O) groups is 2. The average molecular weight is 829 g/mol. The predicted octanol–water partition coefficient (Wildman–Crippen LogP) is 12.3. The maximum Gasteiger partial charge on any atom is 0.472 e. The number of hydrogen-bond acceptors (Lipinski definition) is 9. The van der Waals surface area contributed by atoms with Crippen LogP contribution >= 0.6 is 7.82 Å². The molecule has 0 aliphatic heterocycles. The number of esters is 2. The Labute approximate surface area is 348 Å². The van der Waals surface area contributed by atoms with Crippen molar-refractivity contribution in [3.05, 3.63) is 36.5 Å². The van der Waals surface area contributed by atoms with Gasteiger partial charge in [0.25, 0.3) is 0 Å². The van der Waals surface area contributed by atoms with Gasteiger partial charge in [-0.1, -0.05) is 198 Å². The molecule has 0 radical (unpaired) electrons. The largest absolute Gasteiger partial charge is 0.472 e. The van der Waals surface area contributed by atoms with Crippen molar-refractivity contribution in [3.63, 3.8) is 0 Å². The minimum absolute atomic E-state index is 0.163. The van der Waals surface area contributed by atoms with Gasteiger partial charge in [-0.2, -0.15) is 0 Å². The summed E-state index contributed by atoms with van der Waals surface area (Å²) in [6.45, 7) is 2.24. The van der Waals surface area contributed by atoms with Crippen LogP contribution in [0.1, 0.15) is 206 Å². The van der Waals surface area contributed by atoms with Crippen LogP contribution in [0.2, 0.25) is 0 Å². The predicted molar refractivity (Wildman–Crippen MR) is 233 cm³/mol.